The molecule has 0 unspecified atom stereocenters. The highest BCUT2D eigenvalue weighted by Gasteiger charge is 2.29. The van der Waals surface area contributed by atoms with Crippen LogP contribution in [0.2, 0.25) is 0 Å². The fourth-order valence-electron chi connectivity index (χ4n) is 2.12. The van der Waals surface area contributed by atoms with E-state index in [4.69, 9.17) is 4.74 Å². The molecule has 24 heavy (non-hydrogen) atoms. The molecular formula is C17H24F3NO2S. The van der Waals surface area contributed by atoms with Gasteiger partial charge in [-0.15, -0.1) is 11.8 Å². The van der Waals surface area contributed by atoms with Crippen LogP contribution >= 0.6 is 11.8 Å². The first kappa shape index (κ1) is 20.8. The van der Waals surface area contributed by atoms with E-state index in [0.717, 1.165) is 31.8 Å². The molecule has 0 bridgehead atoms. The number of nitrogens with one attached hydrogen (secondary N) is 1. The Labute approximate surface area is 145 Å². The molecular weight excluding hydrogens is 339 g/mol. The van der Waals surface area contributed by atoms with Crippen LogP contribution in [0, 0.1) is 11.7 Å². The second-order valence-electron chi connectivity index (χ2n) is 5.94. The number of hydrogen-bond donors (Lipinski definition) is 1. The summed E-state index contributed by atoms with van der Waals surface area (Å²) in [5.74, 6) is 1.24. The molecule has 3 nitrogen and oxygen atoms in total. The van der Waals surface area contributed by atoms with Crippen molar-refractivity contribution in [1.29, 1.82) is 0 Å². The van der Waals surface area contributed by atoms with E-state index in [1.165, 1.54) is 12.1 Å². The monoisotopic (exact) mass is 363 g/mol. The van der Waals surface area contributed by atoms with Gasteiger partial charge in [-0.25, -0.2) is 13.2 Å². The number of anilines is 1. The predicted octanol–water partition coefficient (Wildman–Crippen LogP) is 4.59. The lowest BCUT2D eigenvalue weighted by molar-refractivity contribution is -0.117. The van der Waals surface area contributed by atoms with Crippen LogP contribution in [-0.2, 0) is 9.53 Å². The molecule has 1 aromatic rings. The lowest BCUT2D eigenvalue weighted by Crippen LogP contribution is -2.35. The topological polar surface area (TPSA) is 38.3 Å². The Hall–Kier alpha value is -1.21. The van der Waals surface area contributed by atoms with Gasteiger partial charge >= 0.3 is 0 Å². The van der Waals surface area contributed by atoms with Gasteiger partial charge in [-0.05, 0) is 62.6 Å². The second-order valence-corrected chi connectivity index (χ2v) is 7.58. The molecule has 1 aromatic carbocycles. The summed E-state index contributed by atoms with van der Waals surface area (Å²) in [6.07, 6.45) is 2.14. The molecule has 136 valence electrons. The first-order chi connectivity index (χ1) is 11.4. The molecule has 2 rings (SSSR count). The fraction of sp³-hybridized carbons (Fsp3) is 0.588. The summed E-state index contributed by atoms with van der Waals surface area (Å²) in [7, 11) is 0. The van der Waals surface area contributed by atoms with Gasteiger partial charge in [0.05, 0.1) is 4.75 Å². The van der Waals surface area contributed by atoms with Crippen LogP contribution in [0.1, 0.15) is 26.7 Å². The van der Waals surface area contributed by atoms with Gasteiger partial charge in [-0.2, -0.15) is 0 Å². The van der Waals surface area contributed by atoms with Crippen molar-refractivity contribution >= 4 is 23.4 Å². The summed E-state index contributed by atoms with van der Waals surface area (Å²) in [4.78, 5) is 12.3. The number of alkyl halides is 2. The molecule has 1 aliphatic heterocycles. The van der Waals surface area contributed by atoms with E-state index in [2.05, 4.69) is 5.32 Å². The maximum atomic E-state index is 12.9. The van der Waals surface area contributed by atoms with Gasteiger partial charge in [0.1, 0.15) is 5.82 Å². The van der Waals surface area contributed by atoms with Crippen LogP contribution in [-0.4, -0.2) is 36.5 Å². The second kappa shape index (κ2) is 10.6. The highest BCUT2D eigenvalue weighted by molar-refractivity contribution is 8.01. The molecule has 1 heterocycles. The van der Waals surface area contributed by atoms with Crippen LogP contribution in [0.3, 0.4) is 0 Å². The van der Waals surface area contributed by atoms with Crippen molar-refractivity contribution < 1.29 is 22.7 Å². The number of amides is 1. The quantitative estimate of drug-likeness (QED) is 0.832. The third-order valence-corrected chi connectivity index (χ3v) is 5.21. The maximum Gasteiger partial charge on any atom is 0.240 e. The van der Waals surface area contributed by atoms with Crippen LogP contribution in [0.15, 0.2) is 24.3 Å². The van der Waals surface area contributed by atoms with Gasteiger partial charge in [0, 0.05) is 18.9 Å². The summed E-state index contributed by atoms with van der Waals surface area (Å²) < 4.78 is 36.9. The standard InChI is InChI=1S/C16H22FNO2S.CH2F2/c1-16(2,21-11-12-7-9-20-10-8-12)15(19)18-14-5-3-13(17)4-6-14;2-1-3/h3-6,12H,7-11H2,1-2H3,(H,18,19);1H2. The Morgan fingerprint density at radius 3 is 2.33 bits per heavy atom. The average molecular weight is 363 g/mol. The first-order valence-electron chi connectivity index (χ1n) is 7.79. The van der Waals surface area contributed by atoms with Gasteiger partial charge in [-0.1, -0.05) is 0 Å². The number of carbonyl (C=O) groups is 1. The third kappa shape index (κ3) is 7.57. The Bertz CT molecular complexity index is 491. The normalized spacial score (nSPS) is 15.4. The first-order valence-corrected chi connectivity index (χ1v) is 8.78. The van der Waals surface area contributed by atoms with Gasteiger partial charge in [0.2, 0.25) is 12.8 Å². The number of thioether (sulfide) groups is 1. The molecule has 1 amide bonds. The smallest absolute Gasteiger partial charge is 0.240 e. The highest BCUT2D eigenvalue weighted by atomic mass is 32.2. The van der Waals surface area contributed by atoms with Crippen LogP contribution in [0.4, 0.5) is 18.9 Å². The summed E-state index contributed by atoms with van der Waals surface area (Å²) in [5.41, 5.74) is 0.626. The van der Waals surface area contributed by atoms with Crippen molar-refractivity contribution in [3.63, 3.8) is 0 Å². The molecule has 1 saturated heterocycles. The Balaban J connectivity index is 0.000000891. The van der Waals surface area contributed by atoms with Crippen molar-refractivity contribution in [3.8, 4) is 0 Å². The number of ether oxygens (including phenoxy) is 1. The zero-order chi connectivity index (χ0) is 18.0. The highest BCUT2D eigenvalue weighted by Crippen LogP contribution is 2.31. The van der Waals surface area contributed by atoms with Crippen molar-refractivity contribution in [3.05, 3.63) is 30.1 Å². The summed E-state index contributed by atoms with van der Waals surface area (Å²) in [6.45, 7) is 3.76. The van der Waals surface area contributed by atoms with Crippen molar-refractivity contribution in [1.82, 2.24) is 0 Å². The van der Waals surface area contributed by atoms with Crippen molar-refractivity contribution in [2.45, 2.75) is 31.4 Å². The van der Waals surface area contributed by atoms with E-state index in [9.17, 15) is 18.0 Å². The minimum Gasteiger partial charge on any atom is -0.381 e. The Morgan fingerprint density at radius 1 is 1.25 bits per heavy atom. The number of halogens is 3. The van der Waals surface area contributed by atoms with Gasteiger partial charge in [0.15, 0.2) is 0 Å². The number of carbonyl (C=O) groups excluding carboxylic acids is 1. The third-order valence-electron chi connectivity index (χ3n) is 3.67. The van der Waals surface area contributed by atoms with E-state index < -0.39 is 11.7 Å². The predicted molar refractivity (Wildman–Crippen MR) is 92.2 cm³/mol. The number of benzene rings is 1. The molecule has 0 saturated carbocycles. The Kier molecular flexibility index (Phi) is 9.21. The van der Waals surface area contributed by atoms with E-state index in [0.29, 0.717) is 11.6 Å². The minimum absolute atomic E-state index is 0.0498. The molecule has 0 aliphatic carbocycles. The molecule has 0 radical (unpaired) electrons. The molecule has 1 aliphatic rings. The molecule has 1 fully saturated rings. The zero-order valence-corrected chi connectivity index (χ0v) is 14.8. The minimum atomic E-state index is -1.75. The van der Waals surface area contributed by atoms with E-state index in [-0.39, 0.29) is 11.7 Å². The zero-order valence-electron chi connectivity index (χ0n) is 14.0. The molecule has 0 aromatic heterocycles. The maximum absolute atomic E-state index is 12.9. The van der Waals surface area contributed by atoms with Crippen molar-refractivity contribution in [2.24, 2.45) is 5.92 Å². The van der Waals surface area contributed by atoms with Crippen LogP contribution in [0.25, 0.3) is 0 Å². The molecule has 7 heteroatoms. The molecule has 1 N–H and O–H groups in total. The summed E-state index contributed by atoms with van der Waals surface area (Å²) in [5, 5.41) is 2.85. The SMILES string of the molecule is CC(C)(SCC1CCOCC1)C(=O)Nc1ccc(F)cc1.FCF. The Morgan fingerprint density at radius 2 is 1.79 bits per heavy atom. The van der Waals surface area contributed by atoms with E-state index >= 15 is 0 Å². The van der Waals surface area contributed by atoms with E-state index in [1.807, 2.05) is 13.8 Å². The largest absolute Gasteiger partial charge is 0.381 e. The molecule has 0 spiro atoms. The number of rotatable bonds is 5. The van der Waals surface area contributed by atoms with Gasteiger partial charge < -0.3 is 10.1 Å². The van der Waals surface area contributed by atoms with Crippen LogP contribution in [0.5, 0.6) is 0 Å². The van der Waals surface area contributed by atoms with Gasteiger partial charge in [0.25, 0.3) is 0 Å². The fourth-order valence-corrected chi connectivity index (χ4v) is 3.29. The van der Waals surface area contributed by atoms with Gasteiger partial charge in [-0.3, -0.25) is 4.79 Å². The van der Waals surface area contributed by atoms with Crippen LogP contribution < -0.4 is 5.32 Å². The molecule has 0 atom stereocenters. The summed E-state index contributed by atoms with van der Waals surface area (Å²) >= 11 is 1.67. The summed E-state index contributed by atoms with van der Waals surface area (Å²) in [6, 6.07) is 5.84. The lowest BCUT2D eigenvalue weighted by Gasteiger charge is -2.27. The average Bonchev–Trinajstić information content (AvgIpc) is 2.57. The number of hydrogen-bond acceptors (Lipinski definition) is 3. The van der Waals surface area contributed by atoms with Crippen molar-refractivity contribution in [2.75, 3.05) is 31.2 Å². The van der Waals surface area contributed by atoms with E-state index in [1.54, 1.807) is 23.9 Å². The lowest BCUT2D eigenvalue weighted by atomic mass is 10.0.